The molecule has 32 heavy (non-hydrogen) atoms. The van der Waals surface area contributed by atoms with E-state index in [2.05, 4.69) is 25.6 Å². The van der Waals surface area contributed by atoms with Crippen LogP contribution in [0.3, 0.4) is 0 Å². The van der Waals surface area contributed by atoms with Crippen molar-refractivity contribution in [2.45, 2.75) is 27.0 Å². The maximum absolute atomic E-state index is 11.9. The number of nitrogen functional groups attached to an aromatic ring is 1. The molecule has 0 saturated carbocycles. The van der Waals surface area contributed by atoms with Crippen LogP contribution in [0, 0.1) is 6.92 Å². The van der Waals surface area contributed by atoms with Crippen molar-refractivity contribution in [2.24, 2.45) is 0 Å². The minimum absolute atomic E-state index is 0.0318. The quantitative estimate of drug-likeness (QED) is 0.373. The predicted molar refractivity (Wildman–Crippen MR) is 121 cm³/mol. The summed E-state index contributed by atoms with van der Waals surface area (Å²) in [6, 6.07) is 11.8. The van der Waals surface area contributed by atoms with Crippen molar-refractivity contribution in [3.05, 3.63) is 63.8 Å². The molecule has 1 aromatic heterocycles. The summed E-state index contributed by atoms with van der Waals surface area (Å²) in [5.41, 5.74) is 8.58. The Morgan fingerprint density at radius 2 is 1.88 bits per heavy atom. The number of halogens is 1. The largest absolute Gasteiger partial charge is 0.490 e. The molecule has 0 aliphatic heterocycles. The molecule has 170 valence electrons. The Bertz CT molecular complexity index is 1040. The second-order valence-electron chi connectivity index (χ2n) is 7.03. The van der Waals surface area contributed by atoms with E-state index < -0.39 is 5.91 Å². The van der Waals surface area contributed by atoms with Crippen molar-refractivity contribution in [1.29, 1.82) is 0 Å². The number of carbonyl (C=O) groups is 1. The van der Waals surface area contributed by atoms with Gasteiger partial charge in [0.25, 0.3) is 5.91 Å². The smallest absolute Gasteiger partial charge is 0.277 e. The third-order valence-electron chi connectivity index (χ3n) is 4.56. The summed E-state index contributed by atoms with van der Waals surface area (Å²) in [5.74, 6) is 0.725. The zero-order valence-electron chi connectivity index (χ0n) is 18.0. The van der Waals surface area contributed by atoms with Gasteiger partial charge in [-0.1, -0.05) is 41.4 Å². The summed E-state index contributed by atoms with van der Waals surface area (Å²) in [7, 11) is 0. The maximum Gasteiger partial charge on any atom is 0.277 e. The number of hydrogen-bond acceptors (Lipinski definition) is 8. The zero-order valence-corrected chi connectivity index (χ0v) is 18.7. The highest BCUT2D eigenvalue weighted by atomic mass is 35.5. The van der Waals surface area contributed by atoms with Gasteiger partial charge in [-0.05, 0) is 41.4 Å². The van der Waals surface area contributed by atoms with Crippen LogP contribution in [0.1, 0.15) is 34.1 Å². The Hall–Kier alpha value is -3.30. The third kappa shape index (κ3) is 6.35. The Morgan fingerprint density at radius 3 is 2.56 bits per heavy atom. The summed E-state index contributed by atoms with van der Waals surface area (Å²) < 4.78 is 16.1. The molecule has 1 heterocycles. The van der Waals surface area contributed by atoms with Gasteiger partial charge in [0.2, 0.25) is 11.5 Å². The highest BCUT2D eigenvalue weighted by molar-refractivity contribution is 6.31. The fraction of sp³-hybridized carbons (Fsp3) is 0.318. The summed E-state index contributed by atoms with van der Waals surface area (Å²) in [5, 5.41) is 13.3. The van der Waals surface area contributed by atoms with E-state index in [0.29, 0.717) is 49.4 Å². The van der Waals surface area contributed by atoms with Gasteiger partial charge in [-0.3, -0.25) is 4.79 Å². The SMILES string of the molecule is CCOc1cc(CNCCNC(=O)c2nonc2N)c(Cl)cc1OCc1ccc(C)cc1. The van der Waals surface area contributed by atoms with Crippen LogP contribution < -0.4 is 25.8 Å². The van der Waals surface area contributed by atoms with E-state index in [1.807, 2.05) is 44.2 Å². The number of anilines is 1. The molecule has 0 aliphatic carbocycles. The molecule has 0 bridgehead atoms. The van der Waals surface area contributed by atoms with Crippen LogP contribution in [0.4, 0.5) is 5.82 Å². The molecule has 0 atom stereocenters. The summed E-state index contributed by atoms with van der Waals surface area (Å²) in [4.78, 5) is 11.9. The van der Waals surface area contributed by atoms with Crippen molar-refractivity contribution in [3.63, 3.8) is 0 Å². The van der Waals surface area contributed by atoms with Crippen LogP contribution in [0.5, 0.6) is 11.5 Å². The lowest BCUT2D eigenvalue weighted by Crippen LogP contribution is -2.32. The van der Waals surface area contributed by atoms with E-state index in [1.54, 1.807) is 6.07 Å². The maximum atomic E-state index is 11.9. The number of aryl methyl sites for hydroxylation is 1. The molecule has 0 spiro atoms. The number of amides is 1. The second kappa shape index (κ2) is 11.4. The minimum Gasteiger partial charge on any atom is -0.490 e. The van der Waals surface area contributed by atoms with Gasteiger partial charge in [0, 0.05) is 30.7 Å². The normalized spacial score (nSPS) is 10.7. The van der Waals surface area contributed by atoms with E-state index in [-0.39, 0.29) is 11.5 Å². The van der Waals surface area contributed by atoms with E-state index in [1.165, 1.54) is 5.56 Å². The summed E-state index contributed by atoms with van der Waals surface area (Å²) in [6.45, 7) is 6.22. The number of aromatic nitrogens is 2. The lowest BCUT2D eigenvalue weighted by molar-refractivity contribution is 0.0944. The summed E-state index contributed by atoms with van der Waals surface area (Å²) in [6.07, 6.45) is 0. The van der Waals surface area contributed by atoms with E-state index in [9.17, 15) is 4.79 Å². The first-order chi connectivity index (χ1) is 15.5. The molecule has 9 nitrogen and oxygen atoms in total. The van der Waals surface area contributed by atoms with Crippen molar-refractivity contribution < 1.29 is 18.9 Å². The van der Waals surface area contributed by atoms with Crippen molar-refractivity contribution in [1.82, 2.24) is 20.9 Å². The van der Waals surface area contributed by atoms with Crippen LogP contribution in [-0.2, 0) is 13.2 Å². The molecule has 1 amide bonds. The van der Waals surface area contributed by atoms with Crippen LogP contribution in [0.15, 0.2) is 41.0 Å². The molecule has 10 heteroatoms. The Balaban J connectivity index is 1.53. The highest BCUT2D eigenvalue weighted by Gasteiger charge is 2.15. The standard InChI is InChI=1S/C22H26ClN5O4/c1-3-30-18-10-16(12-25-8-9-26-22(29)20-21(24)28-32-27-20)17(23)11-19(18)31-13-15-6-4-14(2)5-7-15/h4-7,10-11,25H,3,8-9,12-13H2,1-2H3,(H2,24,28)(H,26,29). The van der Waals surface area contributed by atoms with Crippen molar-refractivity contribution >= 4 is 23.3 Å². The number of rotatable bonds is 11. The third-order valence-corrected chi connectivity index (χ3v) is 4.91. The van der Waals surface area contributed by atoms with Gasteiger partial charge in [0.1, 0.15) is 6.61 Å². The Kier molecular flexibility index (Phi) is 8.29. The number of ether oxygens (including phenoxy) is 2. The Labute approximate surface area is 191 Å². The van der Waals surface area contributed by atoms with Gasteiger partial charge in [0.15, 0.2) is 11.5 Å². The number of benzene rings is 2. The van der Waals surface area contributed by atoms with Crippen LogP contribution >= 0.6 is 11.6 Å². The van der Waals surface area contributed by atoms with Gasteiger partial charge >= 0.3 is 0 Å². The van der Waals surface area contributed by atoms with Crippen molar-refractivity contribution in [3.8, 4) is 11.5 Å². The molecule has 2 aromatic carbocycles. The number of nitrogens with two attached hydrogens (primary N) is 1. The zero-order chi connectivity index (χ0) is 22.9. The van der Waals surface area contributed by atoms with Gasteiger partial charge in [0.05, 0.1) is 6.61 Å². The predicted octanol–water partition coefficient (Wildman–Crippen LogP) is 3.11. The number of hydrogen-bond donors (Lipinski definition) is 3. The van der Waals surface area contributed by atoms with E-state index in [0.717, 1.165) is 11.1 Å². The molecule has 0 fully saturated rings. The first-order valence-electron chi connectivity index (χ1n) is 10.2. The molecule has 0 unspecified atom stereocenters. The fourth-order valence-corrected chi connectivity index (χ4v) is 3.08. The first kappa shape index (κ1) is 23.4. The van der Waals surface area contributed by atoms with Crippen LogP contribution in [0.25, 0.3) is 0 Å². The topological polar surface area (TPSA) is 125 Å². The molecular formula is C22H26ClN5O4. The van der Waals surface area contributed by atoms with Crippen LogP contribution in [0.2, 0.25) is 5.02 Å². The molecule has 0 radical (unpaired) electrons. The second-order valence-corrected chi connectivity index (χ2v) is 7.44. The minimum atomic E-state index is -0.447. The Morgan fingerprint density at radius 1 is 1.12 bits per heavy atom. The van der Waals surface area contributed by atoms with Gasteiger partial charge in [-0.15, -0.1) is 0 Å². The number of carbonyl (C=O) groups excluding carboxylic acids is 1. The van der Waals surface area contributed by atoms with Crippen molar-refractivity contribution in [2.75, 3.05) is 25.4 Å². The summed E-state index contributed by atoms with van der Waals surface area (Å²) >= 11 is 6.47. The average Bonchev–Trinajstić information content (AvgIpc) is 3.21. The fourth-order valence-electron chi connectivity index (χ4n) is 2.86. The average molecular weight is 460 g/mol. The molecule has 3 aromatic rings. The van der Waals surface area contributed by atoms with Gasteiger partial charge in [-0.2, -0.15) is 0 Å². The molecule has 0 saturated heterocycles. The molecule has 0 aliphatic rings. The molecule has 4 N–H and O–H groups in total. The lowest BCUT2D eigenvalue weighted by atomic mass is 10.1. The lowest BCUT2D eigenvalue weighted by Gasteiger charge is -2.15. The van der Waals surface area contributed by atoms with Crippen LogP contribution in [-0.4, -0.2) is 35.9 Å². The van der Waals surface area contributed by atoms with E-state index in [4.69, 9.17) is 26.8 Å². The molecule has 3 rings (SSSR count). The van der Waals surface area contributed by atoms with Gasteiger partial charge < -0.3 is 25.8 Å². The number of nitrogens with one attached hydrogen (secondary N) is 2. The van der Waals surface area contributed by atoms with Gasteiger partial charge in [-0.25, -0.2) is 4.63 Å². The molecular weight excluding hydrogens is 434 g/mol. The van der Waals surface area contributed by atoms with E-state index >= 15 is 0 Å². The highest BCUT2D eigenvalue weighted by Crippen LogP contribution is 2.34. The number of nitrogens with zero attached hydrogens (tertiary/aromatic N) is 2. The first-order valence-corrected chi connectivity index (χ1v) is 10.6. The monoisotopic (exact) mass is 459 g/mol.